The lowest BCUT2D eigenvalue weighted by Gasteiger charge is -2.37. The summed E-state index contributed by atoms with van der Waals surface area (Å²) < 4.78 is 41.0. The zero-order valence-electron chi connectivity index (χ0n) is 20.9. The van der Waals surface area contributed by atoms with Gasteiger partial charge in [0.25, 0.3) is 0 Å². The van der Waals surface area contributed by atoms with Gasteiger partial charge in [0.15, 0.2) is 11.6 Å². The van der Waals surface area contributed by atoms with E-state index in [1.165, 1.54) is 17.8 Å². The quantitative estimate of drug-likeness (QED) is 0.650. The minimum atomic E-state index is -4.48. The van der Waals surface area contributed by atoms with E-state index in [-0.39, 0.29) is 11.2 Å². The molecule has 2 aromatic rings. The molecule has 9 heteroatoms. The van der Waals surface area contributed by atoms with Crippen LogP contribution in [0.5, 0.6) is 0 Å². The summed E-state index contributed by atoms with van der Waals surface area (Å²) in [5.74, 6) is 0.569. The summed E-state index contributed by atoms with van der Waals surface area (Å²) in [5, 5.41) is 3.38. The van der Waals surface area contributed by atoms with Gasteiger partial charge in [-0.15, -0.1) is 0 Å². The first-order chi connectivity index (χ1) is 16.3. The highest BCUT2D eigenvalue weighted by Gasteiger charge is 2.41. The van der Waals surface area contributed by atoms with E-state index >= 15 is 0 Å². The maximum atomic E-state index is 13.7. The molecule has 1 aromatic heterocycles. The van der Waals surface area contributed by atoms with Crippen molar-refractivity contribution in [3.63, 3.8) is 0 Å². The number of nitrogens with one attached hydrogen (secondary N) is 1. The van der Waals surface area contributed by atoms with Gasteiger partial charge in [0.05, 0.1) is 5.56 Å². The summed E-state index contributed by atoms with van der Waals surface area (Å²) in [6, 6.07) is 10.6. The second-order valence-electron chi connectivity index (χ2n) is 10.4. The summed E-state index contributed by atoms with van der Waals surface area (Å²) in [5.41, 5.74) is 9.02. The summed E-state index contributed by atoms with van der Waals surface area (Å²) in [4.78, 5) is 12.5. The van der Waals surface area contributed by atoms with Crippen LogP contribution in [0.15, 0.2) is 58.9 Å². The van der Waals surface area contributed by atoms with Gasteiger partial charge in [0, 0.05) is 45.5 Å². The number of nitrogens with two attached hydrogens (primary N) is 1. The molecule has 2 aliphatic heterocycles. The Morgan fingerprint density at radius 2 is 1.69 bits per heavy atom. The molecule has 188 valence electrons. The molecule has 0 spiro atoms. The van der Waals surface area contributed by atoms with Gasteiger partial charge in [0.1, 0.15) is 5.82 Å². The van der Waals surface area contributed by atoms with Crippen LogP contribution in [0.25, 0.3) is 0 Å². The highest BCUT2D eigenvalue weighted by molar-refractivity contribution is 5.84. The first-order valence-corrected chi connectivity index (χ1v) is 11.7. The van der Waals surface area contributed by atoms with Gasteiger partial charge in [-0.3, -0.25) is 5.73 Å². The van der Waals surface area contributed by atoms with Crippen LogP contribution in [0.1, 0.15) is 50.3 Å². The van der Waals surface area contributed by atoms with Crippen LogP contribution in [0.2, 0.25) is 0 Å². The molecule has 1 unspecified atom stereocenters. The molecule has 0 saturated heterocycles. The van der Waals surface area contributed by atoms with Crippen molar-refractivity contribution in [1.82, 2.24) is 15.2 Å². The molecule has 0 saturated carbocycles. The normalized spacial score (nSPS) is 21.2. The lowest BCUT2D eigenvalue weighted by Crippen LogP contribution is -2.49. The number of guanidine groups is 1. The van der Waals surface area contributed by atoms with Crippen LogP contribution in [-0.4, -0.2) is 43.0 Å². The van der Waals surface area contributed by atoms with Gasteiger partial charge in [0.2, 0.25) is 0 Å². The molecule has 0 aliphatic carbocycles. The summed E-state index contributed by atoms with van der Waals surface area (Å²) in [6.07, 6.45) is -2.12. The van der Waals surface area contributed by atoms with Gasteiger partial charge in [-0.2, -0.15) is 13.2 Å². The van der Waals surface area contributed by atoms with Crippen molar-refractivity contribution < 1.29 is 13.2 Å². The van der Waals surface area contributed by atoms with Crippen molar-refractivity contribution in [2.24, 2.45) is 10.7 Å². The SMILES string of the molecule is CN(C)C1=NC(N)(c2ccc(C(C)(C)C)cc2)C2=C(CCN(c3ncccc3C(F)(F)F)CC2)N1. The van der Waals surface area contributed by atoms with Crippen molar-refractivity contribution in [1.29, 1.82) is 0 Å². The molecule has 0 bridgehead atoms. The van der Waals surface area contributed by atoms with Gasteiger partial charge in [-0.05, 0) is 40.7 Å². The first-order valence-electron chi connectivity index (χ1n) is 11.7. The lowest BCUT2D eigenvalue weighted by molar-refractivity contribution is -0.137. The smallest absolute Gasteiger partial charge is 0.355 e. The number of rotatable bonds is 2. The Balaban J connectivity index is 1.71. The summed E-state index contributed by atoms with van der Waals surface area (Å²) >= 11 is 0. The monoisotopic (exact) mass is 486 g/mol. The molecule has 4 rings (SSSR count). The van der Waals surface area contributed by atoms with E-state index in [2.05, 4.69) is 43.2 Å². The molecule has 0 radical (unpaired) electrons. The number of aromatic nitrogens is 1. The van der Waals surface area contributed by atoms with Crippen molar-refractivity contribution >= 4 is 11.8 Å². The van der Waals surface area contributed by atoms with E-state index in [4.69, 9.17) is 10.7 Å². The number of pyridine rings is 1. The number of halogens is 3. The third-order valence-corrected chi connectivity index (χ3v) is 6.64. The number of hydrogen-bond acceptors (Lipinski definition) is 6. The Morgan fingerprint density at radius 1 is 1.03 bits per heavy atom. The highest BCUT2D eigenvalue weighted by Crippen LogP contribution is 2.40. The minimum absolute atomic E-state index is 0.00139. The van der Waals surface area contributed by atoms with Crippen LogP contribution >= 0.6 is 0 Å². The second-order valence-corrected chi connectivity index (χ2v) is 10.4. The van der Waals surface area contributed by atoms with Crippen LogP contribution in [0.4, 0.5) is 19.0 Å². The van der Waals surface area contributed by atoms with Gasteiger partial charge < -0.3 is 15.1 Å². The van der Waals surface area contributed by atoms with Crippen molar-refractivity contribution in [3.05, 3.63) is 70.6 Å². The Hall–Kier alpha value is -3.07. The predicted molar refractivity (Wildman–Crippen MR) is 133 cm³/mol. The van der Waals surface area contributed by atoms with E-state index < -0.39 is 17.4 Å². The average Bonchev–Trinajstić information content (AvgIpc) is 3.01. The Bertz CT molecular complexity index is 1140. The van der Waals surface area contributed by atoms with E-state index in [0.29, 0.717) is 31.9 Å². The first kappa shape index (κ1) is 25.0. The molecule has 3 N–H and O–H groups in total. The van der Waals surface area contributed by atoms with E-state index in [0.717, 1.165) is 22.9 Å². The molecule has 3 heterocycles. The fourth-order valence-electron chi connectivity index (χ4n) is 4.62. The van der Waals surface area contributed by atoms with Crippen LogP contribution in [-0.2, 0) is 17.3 Å². The lowest BCUT2D eigenvalue weighted by atomic mass is 9.83. The topological polar surface area (TPSA) is 69.8 Å². The fourth-order valence-corrected chi connectivity index (χ4v) is 4.62. The molecular weight excluding hydrogens is 453 g/mol. The van der Waals surface area contributed by atoms with E-state index in [1.807, 2.05) is 31.1 Å². The molecule has 0 amide bonds. The molecule has 1 aromatic carbocycles. The number of anilines is 1. The zero-order valence-corrected chi connectivity index (χ0v) is 20.9. The molecule has 0 fully saturated rings. The Labute approximate surface area is 204 Å². The van der Waals surface area contributed by atoms with E-state index in [1.54, 1.807) is 4.90 Å². The third kappa shape index (κ3) is 4.87. The minimum Gasteiger partial charge on any atom is -0.355 e. The Morgan fingerprint density at radius 3 is 2.29 bits per heavy atom. The third-order valence-electron chi connectivity index (χ3n) is 6.64. The van der Waals surface area contributed by atoms with Crippen LogP contribution in [0, 0.1) is 0 Å². The van der Waals surface area contributed by atoms with Crippen LogP contribution < -0.4 is 16.0 Å². The number of alkyl halides is 3. The molecule has 1 atom stereocenters. The second kappa shape index (κ2) is 8.86. The molecule has 35 heavy (non-hydrogen) atoms. The largest absolute Gasteiger partial charge is 0.419 e. The van der Waals surface area contributed by atoms with Gasteiger partial charge >= 0.3 is 6.18 Å². The summed E-state index contributed by atoms with van der Waals surface area (Å²) in [7, 11) is 3.76. The number of benzene rings is 1. The van der Waals surface area contributed by atoms with E-state index in [9.17, 15) is 13.2 Å². The van der Waals surface area contributed by atoms with Gasteiger partial charge in [-0.1, -0.05) is 45.0 Å². The number of aliphatic imine (C=N–C) groups is 1. The maximum Gasteiger partial charge on any atom is 0.419 e. The average molecular weight is 487 g/mol. The highest BCUT2D eigenvalue weighted by atomic mass is 19.4. The Kier molecular flexibility index (Phi) is 6.34. The number of hydrogen-bond donors (Lipinski definition) is 2. The van der Waals surface area contributed by atoms with Crippen LogP contribution in [0.3, 0.4) is 0 Å². The van der Waals surface area contributed by atoms with Crippen molar-refractivity contribution in [2.75, 3.05) is 32.1 Å². The molecule has 6 nitrogen and oxygen atoms in total. The molecular formula is C26H33F3N6. The zero-order chi connectivity index (χ0) is 25.6. The fraction of sp³-hybridized carbons (Fsp3) is 0.462. The standard InChI is InChI=1S/C26H33F3N6/c1-24(2,3)17-8-10-18(11-9-17)25(30)19-12-15-35(16-13-21(19)32-23(33-25)34(4)5)22-20(26(27,28)29)7-6-14-31-22/h6-11,14H,12-13,15-16,30H2,1-5H3,(H,32,33). The molecule has 2 aliphatic rings. The maximum absolute atomic E-state index is 13.7. The summed E-state index contributed by atoms with van der Waals surface area (Å²) in [6.45, 7) is 7.19. The predicted octanol–water partition coefficient (Wildman–Crippen LogP) is 4.58. The van der Waals surface area contributed by atoms with Crippen molar-refractivity contribution in [2.45, 2.75) is 50.9 Å². The van der Waals surface area contributed by atoms with Gasteiger partial charge in [-0.25, -0.2) is 9.98 Å². The number of nitrogens with zero attached hydrogens (tertiary/aromatic N) is 4. The van der Waals surface area contributed by atoms with Crippen molar-refractivity contribution in [3.8, 4) is 0 Å².